The molecule has 0 spiro atoms. The molecule has 0 aliphatic rings. The van der Waals surface area contributed by atoms with E-state index in [1.807, 2.05) is 12.1 Å². The summed E-state index contributed by atoms with van der Waals surface area (Å²) in [7, 11) is 0. The summed E-state index contributed by atoms with van der Waals surface area (Å²) in [6.45, 7) is 17.2. The van der Waals surface area contributed by atoms with Crippen LogP contribution in [0.4, 0.5) is 0 Å². The molecule has 0 amide bonds. The molecule has 0 aromatic heterocycles. The molecule has 0 aliphatic carbocycles. The SMILES string of the molecule is Cc1c(C(C)(C)C)ccc(O)c1Cc1c(O)ccc(C(C)(C)C)c1C. The molecular weight excluding hydrogens is 308 g/mol. The van der Waals surface area contributed by atoms with Crippen molar-refractivity contribution in [2.45, 2.75) is 72.6 Å². The fourth-order valence-corrected chi connectivity index (χ4v) is 3.73. The van der Waals surface area contributed by atoms with Crippen LogP contribution < -0.4 is 0 Å². The quantitative estimate of drug-likeness (QED) is 0.714. The van der Waals surface area contributed by atoms with Crippen LogP contribution >= 0.6 is 0 Å². The van der Waals surface area contributed by atoms with Gasteiger partial charge in [-0.05, 0) is 59.1 Å². The van der Waals surface area contributed by atoms with Crippen molar-refractivity contribution in [3.63, 3.8) is 0 Å². The van der Waals surface area contributed by atoms with E-state index in [4.69, 9.17) is 0 Å². The predicted molar refractivity (Wildman–Crippen MR) is 106 cm³/mol. The Balaban J connectivity index is 2.62. The van der Waals surface area contributed by atoms with Crippen molar-refractivity contribution in [1.29, 1.82) is 0 Å². The van der Waals surface area contributed by atoms with Crippen molar-refractivity contribution in [3.05, 3.63) is 57.6 Å². The minimum absolute atomic E-state index is 0.0108. The highest BCUT2D eigenvalue weighted by Gasteiger charge is 2.23. The molecule has 136 valence electrons. The zero-order chi connectivity index (χ0) is 19.2. The van der Waals surface area contributed by atoms with E-state index in [0.29, 0.717) is 17.9 Å². The summed E-state index contributed by atoms with van der Waals surface area (Å²) in [4.78, 5) is 0. The van der Waals surface area contributed by atoms with Gasteiger partial charge in [-0.3, -0.25) is 0 Å². The zero-order valence-electron chi connectivity index (χ0n) is 16.9. The third-order valence-corrected chi connectivity index (χ3v) is 5.12. The molecule has 0 fully saturated rings. The molecule has 2 nitrogen and oxygen atoms in total. The van der Waals surface area contributed by atoms with E-state index < -0.39 is 0 Å². The minimum Gasteiger partial charge on any atom is -0.508 e. The summed E-state index contributed by atoms with van der Waals surface area (Å²) in [5.41, 5.74) is 6.48. The molecule has 0 radical (unpaired) electrons. The zero-order valence-corrected chi connectivity index (χ0v) is 16.9. The summed E-state index contributed by atoms with van der Waals surface area (Å²) in [6.07, 6.45) is 0.531. The van der Waals surface area contributed by atoms with Gasteiger partial charge in [-0.25, -0.2) is 0 Å². The first-order valence-electron chi connectivity index (χ1n) is 8.98. The number of hydrogen-bond acceptors (Lipinski definition) is 2. The average Bonchev–Trinajstić information content (AvgIpc) is 2.43. The van der Waals surface area contributed by atoms with Crippen LogP contribution in [0.5, 0.6) is 11.5 Å². The highest BCUT2D eigenvalue weighted by Crippen LogP contribution is 2.37. The van der Waals surface area contributed by atoms with E-state index in [-0.39, 0.29) is 10.8 Å². The Morgan fingerprint density at radius 3 is 1.24 bits per heavy atom. The molecule has 2 aromatic rings. The van der Waals surface area contributed by atoms with Crippen molar-refractivity contribution in [1.82, 2.24) is 0 Å². The van der Waals surface area contributed by atoms with Crippen LogP contribution in [0, 0.1) is 13.8 Å². The highest BCUT2D eigenvalue weighted by atomic mass is 16.3. The fraction of sp³-hybridized carbons (Fsp3) is 0.478. The maximum Gasteiger partial charge on any atom is 0.119 e. The van der Waals surface area contributed by atoms with Crippen molar-refractivity contribution >= 4 is 0 Å². The van der Waals surface area contributed by atoms with E-state index in [9.17, 15) is 10.2 Å². The summed E-state index contributed by atoms with van der Waals surface area (Å²) < 4.78 is 0. The normalized spacial score (nSPS) is 12.5. The first kappa shape index (κ1) is 19.4. The van der Waals surface area contributed by atoms with Crippen LogP contribution in [-0.4, -0.2) is 10.2 Å². The fourth-order valence-electron chi connectivity index (χ4n) is 3.73. The Labute approximate surface area is 152 Å². The lowest BCUT2D eigenvalue weighted by Crippen LogP contribution is -2.16. The molecule has 25 heavy (non-hydrogen) atoms. The Hall–Kier alpha value is -1.96. The molecular formula is C23H32O2. The second kappa shape index (κ2) is 6.40. The molecule has 2 aromatic carbocycles. The van der Waals surface area contributed by atoms with Gasteiger partial charge in [-0.2, -0.15) is 0 Å². The van der Waals surface area contributed by atoms with Gasteiger partial charge in [0.25, 0.3) is 0 Å². The summed E-state index contributed by atoms with van der Waals surface area (Å²) in [5.74, 6) is 0.593. The maximum atomic E-state index is 10.5. The largest absolute Gasteiger partial charge is 0.508 e. The van der Waals surface area contributed by atoms with Gasteiger partial charge in [0.15, 0.2) is 0 Å². The molecule has 0 unspecified atom stereocenters. The Morgan fingerprint density at radius 1 is 0.640 bits per heavy atom. The lowest BCUT2D eigenvalue weighted by Gasteiger charge is -2.26. The van der Waals surface area contributed by atoms with Crippen LogP contribution in [0.1, 0.15) is 74.9 Å². The maximum absolute atomic E-state index is 10.5. The lowest BCUT2D eigenvalue weighted by molar-refractivity contribution is 0.460. The first-order chi connectivity index (χ1) is 11.3. The Kier molecular flexibility index (Phi) is 4.96. The van der Waals surface area contributed by atoms with Gasteiger partial charge in [0.05, 0.1) is 0 Å². The number of hydrogen-bond donors (Lipinski definition) is 2. The van der Waals surface area contributed by atoms with E-state index >= 15 is 0 Å². The van der Waals surface area contributed by atoms with Crippen LogP contribution in [0.2, 0.25) is 0 Å². The van der Waals surface area contributed by atoms with Crippen molar-refractivity contribution in [2.24, 2.45) is 0 Å². The van der Waals surface area contributed by atoms with Gasteiger partial charge in [0, 0.05) is 17.5 Å². The standard InChI is InChI=1S/C23H32O2/c1-14-16(20(24)11-9-18(14)22(3,4)5)13-17-15(2)19(23(6,7)8)10-12-21(17)25/h9-12,24-25H,13H2,1-8H3. The second-order valence-corrected chi connectivity index (χ2v) is 9.15. The molecule has 0 atom stereocenters. The number of rotatable bonds is 2. The van der Waals surface area contributed by atoms with Crippen molar-refractivity contribution in [3.8, 4) is 11.5 Å². The van der Waals surface area contributed by atoms with E-state index in [1.54, 1.807) is 12.1 Å². The molecule has 0 bridgehead atoms. The molecule has 2 rings (SSSR count). The molecule has 0 heterocycles. The second-order valence-electron chi connectivity index (χ2n) is 9.15. The van der Waals surface area contributed by atoms with E-state index in [0.717, 1.165) is 22.3 Å². The number of benzene rings is 2. The summed E-state index contributed by atoms with van der Waals surface area (Å²) in [6, 6.07) is 7.57. The third kappa shape index (κ3) is 3.84. The molecule has 0 saturated carbocycles. The number of phenols is 2. The van der Waals surface area contributed by atoms with Gasteiger partial charge in [-0.15, -0.1) is 0 Å². The highest BCUT2D eigenvalue weighted by molar-refractivity contribution is 5.53. The topological polar surface area (TPSA) is 40.5 Å². The van der Waals surface area contributed by atoms with E-state index in [1.165, 1.54) is 11.1 Å². The van der Waals surface area contributed by atoms with Gasteiger partial charge in [0.2, 0.25) is 0 Å². The first-order valence-corrected chi connectivity index (χ1v) is 8.98. The molecule has 0 aliphatic heterocycles. The van der Waals surface area contributed by atoms with Gasteiger partial charge < -0.3 is 10.2 Å². The molecule has 2 N–H and O–H groups in total. The average molecular weight is 341 g/mol. The smallest absolute Gasteiger partial charge is 0.119 e. The Bertz CT molecular complexity index is 720. The Morgan fingerprint density at radius 2 is 0.960 bits per heavy atom. The van der Waals surface area contributed by atoms with Crippen LogP contribution in [0.25, 0.3) is 0 Å². The third-order valence-electron chi connectivity index (χ3n) is 5.12. The van der Waals surface area contributed by atoms with E-state index in [2.05, 4.69) is 55.4 Å². The summed E-state index contributed by atoms with van der Waals surface area (Å²) in [5, 5.41) is 20.9. The van der Waals surface area contributed by atoms with Crippen LogP contribution in [-0.2, 0) is 17.3 Å². The van der Waals surface area contributed by atoms with Crippen molar-refractivity contribution < 1.29 is 10.2 Å². The number of aromatic hydroxyl groups is 2. The van der Waals surface area contributed by atoms with Crippen LogP contribution in [0.15, 0.2) is 24.3 Å². The summed E-state index contributed by atoms with van der Waals surface area (Å²) >= 11 is 0. The van der Waals surface area contributed by atoms with Gasteiger partial charge in [-0.1, -0.05) is 53.7 Å². The van der Waals surface area contributed by atoms with Crippen LogP contribution in [0.3, 0.4) is 0 Å². The van der Waals surface area contributed by atoms with Gasteiger partial charge >= 0.3 is 0 Å². The van der Waals surface area contributed by atoms with Crippen molar-refractivity contribution in [2.75, 3.05) is 0 Å². The number of phenolic OH excluding ortho intramolecular Hbond substituents is 2. The molecule has 2 heteroatoms. The lowest BCUT2D eigenvalue weighted by atomic mass is 9.79. The monoisotopic (exact) mass is 340 g/mol. The minimum atomic E-state index is 0.0108. The van der Waals surface area contributed by atoms with Gasteiger partial charge in [0.1, 0.15) is 11.5 Å². The predicted octanol–water partition coefficient (Wildman–Crippen LogP) is 5.90. The molecule has 0 saturated heterocycles.